The fourth-order valence-corrected chi connectivity index (χ4v) is 2.51. The Bertz CT molecular complexity index is 211. The first-order valence-corrected chi connectivity index (χ1v) is 5.04. The van der Waals surface area contributed by atoms with Gasteiger partial charge in [-0.15, -0.1) is 11.6 Å². The quantitative estimate of drug-likeness (QED) is 0.489. The largest absolute Gasteiger partial charge is 0.285 e. The average molecular weight is 185 g/mol. The fraction of sp³-hybridized carbons (Fsp3) is 1.00. The van der Waals surface area contributed by atoms with Crippen molar-refractivity contribution >= 4 is 21.7 Å². The zero-order valence-electron chi connectivity index (χ0n) is 5.33. The summed E-state index contributed by atoms with van der Waals surface area (Å²) >= 11 is 5.64. The third-order valence-electron chi connectivity index (χ3n) is 1.74. The second kappa shape index (κ2) is 2.68. The predicted molar refractivity (Wildman–Crippen MR) is 38.8 cm³/mol. The van der Waals surface area contributed by atoms with Gasteiger partial charge in [-0.3, -0.25) is 4.55 Å². The highest BCUT2D eigenvalue weighted by molar-refractivity contribution is 7.86. The maximum Gasteiger partial charge on any atom is 0.267 e. The molecule has 3 nitrogen and oxygen atoms in total. The molecule has 10 heavy (non-hydrogen) atoms. The second-order valence-electron chi connectivity index (χ2n) is 2.55. The molecule has 1 N–H and O–H groups in total. The third kappa shape index (κ3) is 1.84. The molecule has 0 radical (unpaired) electrons. The normalized spacial score (nSPS) is 34.6. The number of halogens is 1. The summed E-state index contributed by atoms with van der Waals surface area (Å²) in [6.45, 7) is 0. The molecule has 1 rings (SSSR count). The summed E-state index contributed by atoms with van der Waals surface area (Å²) in [4.78, 5) is 0. The van der Waals surface area contributed by atoms with Crippen LogP contribution in [0.3, 0.4) is 0 Å². The van der Waals surface area contributed by atoms with Crippen molar-refractivity contribution in [1.82, 2.24) is 0 Å². The van der Waals surface area contributed by atoms with E-state index in [2.05, 4.69) is 0 Å². The molecule has 0 spiro atoms. The number of hydrogen-bond acceptors (Lipinski definition) is 2. The van der Waals surface area contributed by atoms with Crippen molar-refractivity contribution in [3.8, 4) is 0 Å². The van der Waals surface area contributed by atoms with Crippen molar-refractivity contribution in [3.05, 3.63) is 0 Å². The summed E-state index contributed by atoms with van der Waals surface area (Å²) in [5.41, 5.74) is 0. The van der Waals surface area contributed by atoms with Gasteiger partial charge in [0, 0.05) is 5.38 Å². The molecule has 0 saturated heterocycles. The Morgan fingerprint density at radius 1 is 1.40 bits per heavy atom. The van der Waals surface area contributed by atoms with Crippen LogP contribution >= 0.6 is 11.6 Å². The molecule has 0 aliphatic heterocycles. The van der Waals surface area contributed by atoms with E-state index in [4.69, 9.17) is 16.2 Å². The van der Waals surface area contributed by atoms with Gasteiger partial charge in [-0.2, -0.15) is 8.42 Å². The lowest BCUT2D eigenvalue weighted by Gasteiger charge is -2.02. The molecule has 1 aliphatic carbocycles. The predicted octanol–water partition coefficient (Wildman–Crippen LogP) is 1.03. The molecule has 0 aromatic carbocycles. The lowest BCUT2D eigenvalue weighted by atomic mass is 10.4. The first-order chi connectivity index (χ1) is 4.50. The van der Waals surface area contributed by atoms with E-state index >= 15 is 0 Å². The highest BCUT2D eigenvalue weighted by Crippen LogP contribution is 2.28. The highest BCUT2D eigenvalue weighted by atomic mass is 35.5. The minimum Gasteiger partial charge on any atom is -0.285 e. The van der Waals surface area contributed by atoms with Gasteiger partial charge in [-0.05, 0) is 19.3 Å². The van der Waals surface area contributed by atoms with Crippen LogP contribution in [0, 0.1) is 0 Å². The summed E-state index contributed by atoms with van der Waals surface area (Å²) in [5.74, 6) is 0. The Kier molecular flexibility index (Phi) is 2.22. The molecule has 0 aromatic heterocycles. The van der Waals surface area contributed by atoms with Gasteiger partial charge in [0.05, 0.1) is 5.25 Å². The molecular formula is C5H9ClO3S. The van der Waals surface area contributed by atoms with Crippen LogP contribution in [0.25, 0.3) is 0 Å². The van der Waals surface area contributed by atoms with Crippen molar-refractivity contribution in [1.29, 1.82) is 0 Å². The van der Waals surface area contributed by atoms with E-state index in [9.17, 15) is 8.42 Å². The van der Waals surface area contributed by atoms with E-state index in [0.29, 0.717) is 19.3 Å². The average Bonchev–Trinajstić information content (AvgIpc) is 2.11. The van der Waals surface area contributed by atoms with Crippen molar-refractivity contribution in [2.75, 3.05) is 0 Å². The summed E-state index contributed by atoms with van der Waals surface area (Å²) in [6.07, 6.45) is 1.57. The van der Waals surface area contributed by atoms with Gasteiger partial charge in [0.1, 0.15) is 0 Å². The van der Waals surface area contributed by atoms with Crippen molar-refractivity contribution in [2.24, 2.45) is 0 Å². The molecule has 0 aromatic rings. The van der Waals surface area contributed by atoms with Gasteiger partial charge in [0.25, 0.3) is 10.1 Å². The molecule has 0 amide bonds. The van der Waals surface area contributed by atoms with Crippen molar-refractivity contribution in [2.45, 2.75) is 29.9 Å². The Morgan fingerprint density at radius 2 is 2.00 bits per heavy atom. The first-order valence-electron chi connectivity index (χ1n) is 3.10. The number of rotatable bonds is 1. The van der Waals surface area contributed by atoms with Gasteiger partial charge < -0.3 is 0 Å². The lowest BCUT2D eigenvalue weighted by Crippen LogP contribution is -2.16. The minimum atomic E-state index is -3.82. The maximum absolute atomic E-state index is 10.5. The molecule has 60 valence electrons. The minimum absolute atomic E-state index is 0.0769. The van der Waals surface area contributed by atoms with E-state index in [1.807, 2.05) is 0 Å². The van der Waals surface area contributed by atoms with Gasteiger partial charge in [-0.25, -0.2) is 0 Å². The Labute approximate surface area is 65.1 Å². The van der Waals surface area contributed by atoms with Crippen LogP contribution < -0.4 is 0 Å². The van der Waals surface area contributed by atoms with Crippen LogP contribution in [0.1, 0.15) is 19.3 Å². The Hall–Kier alpha value is 0.200. The van der Waals surface area contributed by atoms with Crippen LogP contribution in [0.15, 0.2) is 0 Å². The third-order valence-corrected chi connectivity index (χ3v) is 3.41. The maximum atomic E-state index is 10.5. The lowest BCUT2D eigenvalue weighted by molar-refractivity contribution is 0.467. The van der Waals surface area contributed by atoms with Gasteiger partial charge >= 0.3 is 0 Å². The molecule has 0 bridgehead atoms. The van der Waals surface area contributed by atoms with E-state index in [0.717, 1.165) is 0 Å². The van der Waals surface area contributed by atoms with E-state index < -0.39 is 15.4 Å². The summed E-state index contributed by atoms with van der Waals surface area (Å²) in [6, 6.07) is 0. The van der Waals surface area contributed by atoms with E-state index in [1.54, 1.807) is 0 Å². The fourth-order valence-electron chi connectivity index (χ4n) is 1.16. The molecule has 2 unspecified atom stereocenters. The van der Waals surface area contributed by atoms with Gasteiger partial charge in [0.2, 0.25) is 0 Å². The van der Waals surface area contributed by atoms with Crippen molar-refractivity contribution in [3.63, 3.8) is 0 Å². The highest BCUT2D eigenvalue weighted by Gasteiger charge is 2.31. The van der Waals surface area contributed by atoms with Crippen LogP contribution in [-0.4, -0.2) is 23.6 Å². The topological polar surface area (TPSA) is 54.4 Å². The number of alkyl halides is 1. The molecule has 1 saturated carbocycles. The molecule has 2 atom stereocenters. The summed E-state index contributed by atoms with van der Waals surface area (Å²) < 4.78 is 29.5. The van der Waals surface area contributed by atoms with Gasteiger partial charge in [-0.1, -0.05) is 0 Å². The smallest absolute Gasteiger partial charge is 0.267 e. The van der Waals surface area contributed by atoms with Crippen LogP contribution in [0.4, 0.5) is 0 Å². The standard InChI is InChI=1S/C5H9ClO3S/c6-4-1-2-5(3-4)10(7,8)9/h4-5H,1-3H2,(H,7,8,9). The SMILES string of the molecule is O=S(=O)(O)C1CCC(Cl)C1. The van der Waals surface area contributed by atoms with E-state index in [-0.39, 0.29) is 5.38 Å². The molecule has 1 aliphatic rings. The van der Waals surface area contributed by atoms with Crippen LogP contribution in [-0.2, 0) is 10.1 Å². The van der Waals surface area contributed by atoms with Crippen LogP contribution in [0.2, 0.25) is 0 Å². The summed E-state index contributed by atoms with van der Waals surface area (Å²) in [5, 5.41) is -0.693. The first kappa shape index (κ1) is 8.30. The molecule has 5 heteroatoms. The van der Waals surface area contributed by atoms with Gasteiger partial charge in [0.15, 0.2) is 0 Å². The van der Waals surface area contributed by atoms with E-state index in [1.165, 1.54) is 0 Å². The van der Waals surface area contributed by atoms with Crippen molar-refractivity contribution < 1.29 is 13.0 Å². The monoisotopic (exact) mass is 184 g/mol. The Morgan fingerprint density at radius 3 is 2.20 bits per heavy atom. The zero-order valence-corrected chi connectivity index (χ0v) is 6.90. The van der Waals surface area contributed by atoms with Crippen LogP contribution in [0.5, 0.6) is 0 Å². The number of hydrogen-bond donors (Lipinski definition) is 1. The summed E-state index contributed by atoms with van der Waals surface area (Å²) in [7, 11) is -3.82. The molecular weight excluding hydrogens is 176 g/mol. The second-order valence-corrected chi connectivity index (χ2v) is 4.86. The Balaban J connectivity index is 2.62. The molecule has 0 heterocycles. The molecule has 1 fully saturated rings. The zero-order chi connectivity index (χ0) is 7.78.